The predicted octanol–water partition coefficient (Wildman–Crippen LogP) is 14.4. The third-order valence-corrected chi connectivity index (χ3v) is 13.3. The molecule has 0 bridgehead atoms. The molecule has 6 heteroatoms. The number of benzene rings is 8. The SMILES string of the molecule is c1ccc(-c2nc(-c3ccccc3)nc(-c3cccc4sc5cccc(-c6ccc7sc8cccc(-n9c%10ccccc%10c%10ccccc%109)c8c7c6)c5c34)n2)cc1. The van der Waals surface area contributed by atoms with E-state index in [2.05, 4.69) is 150 Å². The fourth-order valence-electron chi connectivity index (χ4n) is 8.57. The lowest BCUT2D eigenvalue weighted by Gasteiger charge is -2.12. The van der Waals surface area contributed by atoms with E-state index in [1.54, 1.807) is 0 Å². The van der Waals surface area contributed by atoms with E-state index in [1.165, 1.54) is 79.0 Å². The Hall–Kier alpha value is -6.99. The molecule has 57 heavy (non-hydrogen) atoms. The number of hydrogen-bond donors (Lipinski definition) is 0. The molecule has 0 fully saturated rings. The Bertz CT molecular complexity index is 3410. The molecule has 0 N–H and O–H groups in total. The van der Waals surface area contributed by atoms with Crippen molar-refractivity contribution in [2.24, 2.45) is 0 Å². The van der Waals surface area contributed by atoms with E-state index in [-0.39, 0.29) is 0 Å². The molecule has 4 aromatic heterocycles. The molecule has 0 amide bonds. The Labute approximate surface area is 335 Å². The van der Waals surface area contributed by atoms with E-state index in [1.807, 2.05) is 59.1 Å². The lowest BCUT2D eigenvalue weighted by Crippen LogP contribution is -2.00. The number of aromatic nitrogens is 4. The molecule has 0 unspecified atom stereocenters. The molecule has 0 aliphatic carbocycles. The minimum atomic E-state index is 0.657. The van der Waals surface area contributed by atoms with Crippen LogP contribution in [-0.2, 0) is 0 Å². The lowest BCUT2D eigenvalue weighted by atomic mass is 9.96. The molecule has 266 valence electrons. The summed E-state index contributed by atoms with van der Waals surface area (Å²) in [6.45, 7) is 0. The standard InChI is InChI=1S/C51H30N4S2/c1-3-14-31(15-4-1)49-52-50(32-16-5-2-6-17-32)54-51(53-49)37-21-12-26-45-48(37)47-34(20-11-25-44(47)57-45)33-28-29-42-38(30-33)46-41(24-13-27-43(46)56-42)55-39-22-9-7-18-35(39)36-19-8-10-23-40(36)55/h1-30H. The van der Waals surface area contributed by atoms with Crippen LogP contribution in [0.15, 0.2) is 182 Å². The molecule has 12 aromatic rings. The van der Waals surface area contributed by atoms with Gasteiger partial charge in [0, 0.05) is 67.8 Å². The highest BCUT2D eigenvalue weighted by Crippen LogP contribution is 2.46. The first-order chi connectivity index (χ1) is 28.3. The number of rotatable bonds is 5. The van der Waals surface area contributed by atoms with Gasteiger partial charge >= 0.3 is 0 Å². The highest BCUT2D eigenvalue weighted by molar-refractivity contribution is 7.26. The smallest absolute Gasteiger partial charge is 0.164 e. The third kappa shape index (κ3) is 5.08. The average molecular weight is 763 g/mol. The second-order valence-corrected chi connectivity index (χ2v) is 16.5. The predicted molar refractivity (Wildman–Crippen MR) is 242 cm³/mol. The van der Waals surface area contributed by atoms with E-state index < -0.39 is 0 Å². The van der Waals surface area contributed by atoms with Crippen molar-refractivity contribution in [3.8, 4) is 51.0 Å². The quantitative estimate of drug-likeness (QED) is 0.175. The maximum Gasteiger partial charge on any atom is 0.164 e. The zero-order valence-corrected chi connectivity index (χ0v) is 32.1. The van der Waals surface area contributed by atoms with Crippen LogP contribution < -0.4 is 0 Å². The van der Waals surface area contributed by atoms with Crippen LogP contribution in [0, 0.1) is 0 Å². The monoisotopic (exact) mass is 762 g/mol. The van der Waals surface area contributed by atoms with Crippen molar-refractivity contribution in [1.29, 1.82) is 0 Å². The molecule has 4 nitrogen and oxygen atoms in total. The number of hydrogen-bond acceptors (Lipinski definition) is 5. The van der Waals surface area contributed by atoms with Gasteiger partial charge in [-0.15, -0.1) is 22.7 Å². The number of fused-ring (bicyclic) bond motifs is 9. The number of nitrogens with zero attached hydrogens (tertiary/aromatic N) is 4. The summed E-state index contributed by atoms with van der Waals surface area (Å²) in [5, 5.41) is 7.46. The van der Waals surface area contributed by atoms with Crippen LogP contribution >= 0.6 is 22.7 Å². The third-order valence-electron chi connectivity index (χ3n) is 11.1. The molecular weight excluding hydrogens is 733 g/mol. The summed E-state index contributed by atoms with van der Waals surface area (Å²) >= 11 is 3.68. The summed E-state index contributed by atoms with van der Waals surface area (Å²) in [6.07, 6.45) is 0. The molecule has 8 aromatic carbocycles. The van der Waals surface area contributed by atoms with Crippen molar-refractivity contribution in [2.45, 2.75) is 0 Å². The van der Waals surface area contributed by atoms with Crippen molar-refractivity contribution >= 4 is 84.8 Å². The Balaban J connectivity index is 1.10. The van der Waals surface area contributed by atoms with Crippen molar-refractivity contribution in [3.63, 3.8) is 0 Å². The normalized spacial score (nSPS) is 11.9. The molecule has 0 atom stereocenters. The van der Waals surface area contributed by atoms with Gasteiger partial charge in [0.2, 0.25) is 0 Å². The van der Waals surface area contributed by atoms with Gasteiger partial charge in [0.05, 0.1) is 16.7 Å². The Morgan fingerprint density at radius 1 is 0.333 bits per heavy atom. The van der Waals surface area contributed by atoms with Crippen LogP contribution in [0.5, 0.6) is 0 Å². The van der Waals surface area contributed by atoms with E-state index in [4.69, 9.17) is 15.0 Å². The van der Waals surface area contributed by atoms with Gasteiger partial charge in [-0.2, -0.15) is 0 Å². The summed E-state index contributed by atoms with van der Waals surface area (Å²) in [6, 6.07) is 64.9. The van der Waals surface area contributed by atoms with Gasteiger partial charge in [-0.25, -0.2) is 15.0 Å². The van der Waals surface area contributed by atoms with Gasteiger partial charge < -0.3 is 4.57 Å². The summed E-state index contributed by atoms with van der Waals surface area (Å²) < 4.78 is 7.44. The van der Waals surface area contributed by atoms with Crippen LogP contribution in [0.2, 0.25) is 0 Å². The van der Waals surface area contributed by atoms with Crippen LogP contribution in [0.3, 0.4) is 0 Å². The number of para-hydroxylation sites is 2. The molecule has 0 saturated carbocycles. The topological polar surface area (TPSA) is 43.6 Å². The van der Waals surface area contributed by atoms with Gasteiger partial charge in [-0.3, -0.25) is 0 Å². The van der Waals surface area contributed by atoms with Crippen molar-refractivity contribution in [1.82, 2.24) is 19.5 Å². The van der Waals surface area contributed by atoms with Gasteiger partial charge in [0.1, 0.15) is 0 Å². The van der Waals surface area contributed by atoms with Crippen LogP contribution in [0.4, 0.5) is 0 Å². The fraction of sp³-hybridized carbons (Fsp3) is 0. The first kappa shape index (κ1) is 32.3. The molecule has 0 spiro atoms. The van der Waals surface area contributed by atoms with Crippen molar-refractivity contribution in [3.05, 3.63) is 182 Å². The second-order valence-electron chi connectivity index (χ2n) is 14.3. The first-order valence-electron chi connectivity index (χ1n) is 19.0. The van der Waals surface area contributed by atoms with Gasteiger partial charge in [-0.05, 0) is 59.7 Å². The fourth-order valence-corrected chi connectivity index (χ4v) is 10.8. The maximum atomic E-state index is 5.17. The zero-order valence-electron chi connectivity index (χ0n) is 30.4. The van der Waals surface area contributed by atoms with E-state index in [0.29, 0.717) is 17.5 Å². The minimum absolute atomic E-state index is 0.657. The summed E-state index contributed by atoms with van der Waals surface area (Å²) in [4.78, 5) is 15.3. The Morgan fingerprint density at radius 2 is 0.842 bits per heavy atom. The highest BCUT2D eigenvalue weighted by Gasteiger charge is 2.21. The zero-order chi connectivity index (χ0) is 37.5. The maximum absolute atomic E-state index is 5.17. The average Bonchev–Trinajstić information content (AvgIpc) is 3.96. The number of thiophene rings is 2. The van der Waals surface area contributed by atoms with Gasteiger partial charge in [0.15, 0.2) is 17.5 Å². The second kappa shape index (κ2) is 12.8. The van der Waals surface area contributed by atoms with Gasteiger partial charge in [-0.1, -0.05) is 133 Å². The summed E-state index contributed by atoms with van der Waals surface area (Å²) in [7, 11) is 0. The summed E-state index contributed by atoms with van der Waals surface area (Å²) in [5.41, 5.74) is 8.93. The van der Waals surface area contributed by atoms with Crippen LogP contribution in [0.25, 0.3) is 113 Å². The minimum Gasteiger partial charge on any atom is -0.309 e. The van der Waals surface area contributed by atoms with Crippen LogP contribution in [-0.4, -0.2) is 19.5 Å². The van der Waals surface area contributed by atoms with E-state index in [0.717, 1.165) is 16.7 Å². The lowest BCUT2D eigenvalue weighted by molar-refractivity contribution is 1.08. The molecule has 4 heterocycles. The van der Waals surface area contributed by atoms with Crippen LogP contribution in [0.1, 0.15) is 0 Å². The van der Waals surface area contributed by atoms with Crippen molar-refractivity contribution < 1.29 is 0 Å². The molecule has 0 aliphatic rings. The largest absolute Gasteiger partial charge is 0.309 e. The molecule has 0 radical (unpaired) electrons. The molecular formula is C51H30N4S2. The molecule has 0 saturated heterocycles. The van der Waals surface area contributed by atoms with E-state index in [9.17, 15) is 0 Å². The van der Waals surface area contributed by atoms with Gasteiger partial charge in [0.25, 0.3) is 0 Å². The highest BCUT2D eigenvalue weighted by atomic mass is 32.1. The Morgan fingerprint density at radius 3 is 1.49 bits per heavy atom. The first-order valence-corrected chi connectivity index (χ1v) is 20.7. The Kier molecular flexibility index (Phi) is 7.24. The van der Waals surface area contributed by atoms with Crippen molar-refractivity contribution in [2.75, 3.05) is 0 Å². The van der Waals surface area contributed by atoms with E-state index >= 15 is 0 Å². The molecule has 0 aliphatic heterocycles. The summed E-state index contributed by atoms with van der Waals surface area (Å²) in [5.74, 6) is 1.98. The molecule has 12 rings (SSSR count).